The number of rotatable bonds is 3. The molecule has 1 aliphatic rings. The van der Waals surface area contributed by atoms with Crippen LogP contribution in [0.5, 0.6) is 0 Å². The van der Waals surface area contributed by atoms with Gasteiger partial charge in [-0.15, -0.1) is 6.42 Å². The Labute approximate surface area is 74.7 Å². The fourth-order valence-electron chi connectivity index (χ4n) is 1.53. The van der Waals surface area contributed by atoms with E-state index in [9.17, 15) is 0 Å². The summed E-state index contributed by atoms with van der Waals surface area (Å²) in [6, 6.07) is 0.174. The average molecular weight is 167 g/mol. The fraction of sp³-hybridized carbons (Fsp3) is 0.800. The number of ether oxygens (including phenoxy) is 1. The van der Waals surface area contributed by atoms with Crippen LogP contribution >= 0.6 is 0 Å². The SMILES string of the molecule is C#CC(CC1CCCCO1)NC. The number of terminal acetylenes is 1. The fourth-order valence-corrected chi connectivity index (χ4v) is 1.53. The first-order valence-electron chi connectivity index (χ1n) is 4.62. The topological polar surface area (TPSA) is 21.3 Å². The largest absolute Gasteiger partial charge is 0.378 e. The Balaban J connectivity index is 2.24. The van der Waals surface area contributed by atoms with Crippen molar-refractivity contribution in [3.05, 3.63) is 0 Å². The molecule has 12 heavy (non-hydrogen) atoms. The maximum atomic E-state index is 5.58. The van der Waals surface area contributed by atoms with Gasteiger partial charge in [0.25, 0.3) is 0 Å². The molecule has 0 radical (unpaired) electrons. The lowest BCUT2D eigenvalue weighted by Crippen LogP contribution is -2.31. The van der Waals surface area contributed by atoms with E-state index < -0.39 is 0 Å². The molecule has 2 heteroatoms. The van der Waals surface area contributed by atoms with E-state index in [2.05, 4.69) is 11.2 Å². The minimum absolute atomic E-state index is 0.174. The van der Waals surface area contributed by atoms with Gasteiger partial charge in [0.1, 0.15) is 0 Å². The molecule has 2 unspecified atom stereocenters. The molecule has 1 fully saturated rings. The molecule has 2 atom stereocenters. The summed E-state index contributed by atoms with van der Waals surface area (Å²) in [6.45, 7) is 0.908. The highest BCUT2D eigenvalue weighted by Gasteiger charge is 2.16. The van der Waals surface area contributed by atoms with E-state index in [1.807, 2.05) is 7.05 Å². The first-order valence-corrected chi connectivity index (χ1v) is 4.62. The van der Waals surface area contributed by atoms with E-state index in [1.165, 1.54) is 19.3 Å². The zero-order valence-corrected chi connectivity index (χ0v) is 7.68. The van der Waals surface area contributed by atoms with Crippen LogP contribution in [0, 0.1) is 12.3 Å². The first kappa shape index (κ1) is 9.57. The molecule has 1 saturated heterocycles. The molecule has 2 nitrogen and oxygen atoms in total. The summed E-state index contributed by atoms with van der Waals surface area (Å²) in [5, 5.41) is 3.08. The van der Waals surface area contributed by atoms with Crippen LogP contribution in [0.1, 0.15) is 25.7 Å². The molecule has 0 saturated carbocycles. The molecule has 0 amide bonds. The van der Waals surface area contributed by atoms with Crippen molar-refractivity contribution in [2.24, 2.45) is 0 Å². The molecule has 1 heterocycles. The van der Waals surface area contributed by atoms with Crippen molar-refractivity contribution >= 4 is 0 Å². The number of hydrogen-bond acceptors (Lipinski definition) is 2. The lowest BCUT2D eigenvalue weighted by Gasteiger charge is -2.24. The second-order valence-corrected chi connectivity index (χ2v) is 3.23. The van der Waals surface area contributed by atoms with Crippen LogP contribution in [0.2, 0.25) is 0 Å². The monoisotopic (exact) mass is 167 g/mol. The van der Waals surface area contributed by atoms with Crippen molar-refractivity contribution in [1.29, 1.82) is 0 Å². The Morgan fingerprint density at radius 3 is 3.00 bits per heavy atom. The lowest BCUT2D eigenvalue weighted by atomic mass is 10.0. The van der Waals surface area contributed by atoms with Crippen LogP contribution in [-0.4, -0.2) is 25.8 Å². The highest BCUT2D eigenvalue weighted by molar-refractivity contribution is 4.99. The Bertz CT molecular complexity index is 156. The molecule has 0 bridgehead atoms. The van der Waals surface area contributed by atoms with E-state index >= 15 is 0 Å². The Morgan fingerprint density at radius 1 is 1.67 bits per heavy atom. The minimum atomic E-state index is 0.174. The van der Waals surface area contributed by atoms with E-state index in [-0.39, 0.29) is 6.04 Å². The molecule has 0 aromatic heterocycles. The van der Waals surface area contributed by atoms with Gasteiger partial charge in [0.2, 0.25) is 0 Å². The smallest absolute Gasteiger partial charge is 0.0709 e. The van der Waals surface area contributed by atoms with Crippen molar-refractivity contribution in [3.63, 3.8) is 0 Å². The van der Waals surface area contributed by atoms with Gasteiger partial charge in [-0.2, -0.15) is 0 Å². The zero-order valence-electron chi connectivity index (χ0n) is 7.68. The zero-order chi connectivity index (χ0) is 8.81. The standard InChI is InChI=1S/C10H17NO/c1-3-9(11-2)8-10-6-4-5-7-12-10/h1,9-11H,4-8H2,2H3. The highest BCUT2D eigenvalue weighted by Crippen LogP contribution is 2.16. The normalized spacial score (nSPS) is 26.2. The molecule has 1 rings (SSSR count). The molecule has 0 aromatic rings. The summed E-state index contributed by atoms with van der Waals surface area (Å²) < 4.78 is 5.58. The van der Waals surface area contributed by atoms with Crippen LogP contribution in [0.3, 0.4) is 0 Å². The minimum Gasteiger partial charge on any atom is -0.378 e. The quantitative estimate of drug-likeness (QED) is 0.637. The van der Waals surface area contributed by atoms with Crippen molar-refractivity contribution < 1.29 is 4.74 Å². The molecule has 0 aliphatic carbocycles. The van der Waals surface area contributed by atoms with Gasteiger partial charge in [0.05, 0.1) is 12.1 Å². The van der Waals surface area contributed by atoms with Crippen molar-refractivity contribution in [2.75, 3.05) is 13.7 Å². The molecule has 0 aromatic carbocycles. The molecule has 1 aliphatic heterocycles. The Kier molecular flexibility index (Phi) is 4.13. The highest BCUT2D eigenvalue weighted by atomic mass is 16.5. The van der Waals surface area contributed by atoms with Crippen LogP contribution in [0.15, 0.2) is 0 Å². The second kappa shape index (κ2) is 5.18. The van der Waals surface area contributed by atoms with Gasteiger partial charge >= 0.3 is 0 Å². The van der Waals surface area contributed by atoms with Gasteiger partial charge in [0, 0.05) is 13.0 Å². The molecule has 68 valence electrons. The predicted octanol–water partition coefficient (Wildman–Crippen LogP) is 1.17. The second-order valence-electron chi connectivity index (χ2n) is 3.23. The van der Waals surface area contributed by atoms with Crippen LogP contribution < -0.4 is 5.32 Å². The molecular weight excluding hydrogens is 150 g/mol. The summed E-state index contributed by atoms with van der Waals surface area (Å²) in [4.78, 5) is 0. The van der Waals surface area contributed by atoms with E-state index in [4.69, 9.17) is 11.2 Å². The number of nitrogens with one attached hydrogen (secondary N) is 1. The van der Waals surface area contributed by atoms with E-state index in [0.717, 1.165) is 13.0 Å². The van der Waals surface area contributed by atoms with Crippen molar-refractivity contribution in [3.8, 4) is 12.3 Å². The summed E-state index contributed by atoms with van der Waals surface area (Å²) in [5.74, 6) is 2.71. The van der Waals surface area contributed by atoms with E-state index in [0.29, 0.717) is 6.10 Å². The van der Waals surface area contributed by atoms with Crippen LogP contribution in [0.4, 0.5) is 0 Å². The summed E-state index contributed by atoms with van der Waals surface area (Å²) in [6.07, 6.45) is 10.3. The predicted molar refractivity (Wildman–Crippen MR) is 49.9 cm³/mol. The summed E-state index contributed by atoms with van der Waals surface area (Å²) in [5.41, 5.74) is 0. The Morgan fingerprint density at radius 2 is 2.50 bits per heavy atom. The maximum absolute atomic E-state index is 5.58. The van der Waals surface area contributed by atoms with Gasteiger partial charge in [-0.1, -0.05) is 5.92 Å². The van der Waals surface area contributed by atoms with Gasteiger partial charge in [0.15, 0.2) is 0 Å². The third-order valence-electron chi connectivity index (χ3n) is 2.32. The average Bonchev–Trinajstić information content (AvgIpc) is 2.16. The van der Waals surface area contributed by atoms with Crippen molar-refractivity contribution in [2.45, 2.75) is 37.8 Å². The first-order chi connectivity index (χ1) is 5.86. The van der Waals surface area contributed by atoms with Gasteiger partial charge < -0.3 is 10.1 Å². The lowest BCUT2D eigenvalue weighted by molar-refractivity contribution is 0.00868. The summed E-state index contributed by atoms with van der Waals surface area (Å²) in [7, 11) is 1.90. The maximum Gasteiger partial charge on any atom is 0.0709 e. The number of hydrogen-bond donors (Lipinski definition) is 1. The van der Waals surface area contributed by atoms with Gasteiger partial charge in [-0.05, 0) is 26.3 Å². The molecule has 1 N–H and O–H groups in total. The van der Waals surface area contributed by atoms with Crippen molar-refractivity contribution in [1.82, 2.24) is 5.32 Å². The molecular formula is C10H17NO. The van der Waals surface area contributed by atoms with E-state index in [1.54, 1.807) is 0 Å². The third-order valence-corrected chi connectivity index (χ3v) is 2.32. The van der Waals surface area contributed by atoms with Crippen LogP contribution in [0.25, 0.3) is 0 Å². The van der Waals surface area contributed by atoms with Gasteiger partial charge in [-0.25, -0.2) is 0 Å². The third kappa shape index (κ3) is 2.84. The Hall–Kier alpha value is -0.520. The summed E-state index contributed by atoms with van der Waals surface area (Å²) >= 11 is 0. The van der Waals surface area contributed by atoms with Gasteiger partial charge in [-0.3, -0.25) is 0 Å². The van der Waals surface area contributed by atoms with Crippen LogP contribution in [-0.2, 0) is 4.74 Å². The molecule has 0 spiro atoms.